The minimum atomic E-state index is -4.62. The number of methoxy groups -OCH3 is 1. The molecule has 0 amide bonds. The van der Waals surface area contributed by atoms with E-state index in [2.05, 4.69) is 10.1 Å². The molecule has 0 fully saturated rings. The SMILES string of the molecule is CCn1c(CO)nn(-c2cc(OC(C)C(F)(F)F)c3c(OCCOC)nccc3c2)c1=O. The summed E-state index contributed by atoms with van der Waals surface area (Å²) < 4.78 is 57.7. The van der Waals surface area contributed by atoms with Crippen molar-refractivity contribution in [2.24, 2.45) is 0 Å². The fourth-order valence-corrected chi connectivity index (χ4v) is 3.08. The molecule has 0 saturated carbocycles. The molecule has 0 aliphatic rings. The molecule has 0 saturated heterocycles. The molecule has 3 rings (SSSR count). The second-order valence-electron chi connectivity index (χ2n) is 6.81. The Morgan fingerprint density at radius 2 is 2.00 bits per heavy atom. The second-order valence-corrected chi connectivity index (χ2v) is 6.81. The first-order valence-corrected chi connectivity index (χ1v) is 9.79. The molecule has 1 aromatic carbocycles. The Labute approximate surface area is 181 Å². The molecule has 0 aliphatic carbocycles. The molecule has 9 nitrogen and oxygen atoms in total. The largest absolute Gasteiger partial charge is 0.480 e. The highest BCUT2D eigenvalue weighted by atomic mass is 19.4. The Kier molecular flexibility index (Phi) is 7.04. The minimum Gasteiger partial charge on any atom is -0.480 e. The predicted octanol–water partition coefficient (Wildman–Crippen LogP) is 2.45. The lowest BCUT2D eigenvalue weighted by molar-refractivity contribution is -0.189. The van der Waals surface area contributed by atoms with Gasteiger partial charge in [0.15, 0.2) is 11.9 Å². The van der Waals surface area contributed by atoms with E-state index in [0.717, 1.165) is 11.6 Å². The molecule has 0 bridgehead atoms. The fraction of sp³-hybridized carbons (Fsp3) is 0.450. The van der Waals surface area contributed by atoms with Gasteiger partial charge >= 0.3 is 11.9 Å². The number of alkyl halides is 3. The molecule has 0 spiro atoms. The number of hydrogen-bond donors (Lipinski definition) is 1. The number of aliphatic hydroxyl groups excluding tert-OH is 1. The van der Waals surface area contributed by atoms with Crippen molar-refractivity contribution in [3.63, 3.8) is 0 Å². The number of pyridine rings is 1. The summed E-state index contributed by atoms with van der Waals surface area (Å²) in [6.45, 7) is 2.75. The summed E-state index contributed by atoms with van der Waals surface area (Å²) in [7, 11) is 1.49. The molecule has 3 aromatic rings. The van der Waals surface area contributed by atoms with Gasteiger partial charge in [-0.05, 0) is 31.4 Å². The molecular formula is C20H23F3N4O5. The third-order valence-corrected chi connectivity index (χ3v) is 4.71. The summed E-state index contributed by atoms with van der Waals surface area (Å²) in [5.41, 5.74) is -0.376. The summed E-state index contributed by atoms with van der Waals surface area (Å²) in [5, 5.41) is 14.2. The zero-order chi connectivity index (χ0) is 23.5. The molecule has 0 radical (unpaired) electrons. The maximum absolute atomic E-state index is 13.2. The maximum atomic E-state index is 13.2. The molecule has 2 heterocycles. The van der Waals surface area contributed by atoms with Crippen molar-refractivity contribution in [3.05, 3.63) is 40.7 Å². The number of halogens is 3. The van der Waals surface area contributed by atoms with Gasteiger partial charge < -0.3 is 19.3 Å². The van der Waals surface area contributed by atoms with Crippen LogP contribution in [0.2, 0.25) is 0 Å². The minimum absolute atomic E-state index is 0.0676. The van der Waals surface area contributed by atoms with Gasteiger partial charge in [-0.2, -0.15) is 17.9 Å². The van der Waals surface area contributed by atoms with E-state index >= 15 is 0 Å². The van der Waals surface area contributed by atoms with E-state index in [4.69, 9.17) is 14.2 Å². The number of fused-ring (bicyclic) bond motifs is 1. The van der Waals surface area contributed by atoms with E-state index < -0.39 is 24.6 Å². The lowest BCUT2D eigenvalue weighted by atomic mass is 10.1. The van der Waals surface area contributed by atoms with Gasteiger partial charge in [0.05, 0.1) is 17.7 Å². The summed E-state index contributed by atoms with van der Waals surface area (Å²) in [4.78, 5) is 16.8. The molecule has 1 N–H and O–H groups in total. The monoisotopic (exact) mass is 456 g/mol. The number of hydrogen-bond acceptors (Lipinski definition) is 7. The highest BCUT2D eigenvalue weighted by molar-refractivity contribution is 5.94. The topological polar surface area (TPSA) is 101 Å². The van der Waals surface area contributed by atoms with Gasteiger partial charge in [-0.15, -0.1) is 5.10 Å². The van der Waals surface area contributed by atoms with Gasteiger partial charge in [-0.3, -0.25) is 4.57 Å². The van der Waals surface area contributed by atoms with Crippen molar-refractivity contribution in [2.45, 2.75) is 39.3 Å². The highest BCUT2D eigenvalue weighted by Gasteiger charge is 2.38. The van der Waals surface area contributed by atoms with Crippen LogP contribution in [-0.2, 0) is 17.9 Å². The third kappa shape index (κ3) is 4.70. The highest BCUT2D eigenvalue weighted by Crippen LogP contribution is 2.37. The predicted molar refractivity (Wildman–Crippen MR) is 108 cm³/mol. The number of rotatable bonds is 9. The van der Waals surface area contributed by atoms with Crippen LogP contribution >= 0.6 is 0 Å². The zero-order valence-corrected chi connectivity index (χ0v) is 17.7. The van der Waals surface area contributed by atoms with Crippen LogP contribution in [0, 0.1) is 0 Å². The van der Waals surface area contributed by atoms with Crippen LogP contribution in [0.4, 0.5) is 13.2 Å². The van der Waals surface area contributed by atoms with Crippen molar-refractivity contribution >= 4 is 10.8 Å². The van der Waals surface area contributed by atoms with Crippen molar-refractivity contribution in [1.82, 2.24) is 19.3 Å². The number of aromatic nitrogens is 4. The molecule has 2 aromatic heterocycles. The standard InChI is InChI=1S/C20H23F3N4O5/c1-4-26-16(11-28)25-27(19(26)29)14-9-13-5-6-24-18(31-8-7-30-3)17(13)15(10-14)32-12(2)20(21,22)23/h5-6,9-10,12,28H,4,7-8,11H2,1-3H3. The maximum Gasteiger partial charge on any atom is 0.425 e. The molecule has 32 heavy (non-hydrogen) atoms. The Balaban J connectivity index is 2.21. The number of aliphatic hydroxyl groups is 1. The van der Waals surface area contributed by atoms with E-state index in [0.29, 0.717) is 5.39 Å². The average molecular weight is 456 g/mol. The lowest BCUT2D eigenvalue weighted by Gasteiger charge is -2.20. The van der Waals surface area contributed by atoms with Crippen LogP contribution in [-0.4, -0.2) is 57.0 Å². The van der Waals surface area contributed by atoms with Crippen molar-refractivity contribution in [1.29, 1.82) is 0 Å². The second kappa shape index (κ2) is 9.57. The van der Waals surface area contributed by atoms with Crippen molar-refractivity contribution in [3.8, 4) is 17.3 Å². The normalized spacial score (nSPS) is 12.8. The smallest absolute Gasteiger partial charge is 0.425 e. The van der Waals surface area contributed by atoms with Gasteiger partial charge in [-0.1, -0.05) is 0 Å². The van der Waals surface area contributed by atoms with Crippen molar-refractivity contribution in [2.75, 3.05) is 20.3 Å². The molecule has 1 unspecified atom stereocenters. The van der Waals surface area contributed by atoms with E-state index in [1.54, 1.807) is 19.1 Å². The van der Waals surface area contributed by atoms with Crippen LogP contribution in [0.3, 0.4) is 0 Å². The Morgan fingerprint density at radius 1 is 1.25 bits per heavy atom. The Morgan fingerprint density at radius 3 is 2.59 bits per heavy atom. The zero-order valence-electron chi connectivity index (χ0n) is 17.7. The molecule has 174 valence electrons. The van der Waals surface area contributed by atoms with Crippen molar-refractivity contribution < 1.29 is 32.5 Å². The molecule has 12 heteroatoms. The third-order valence-electron chi connectivity index (χ3n) is 4.71. The number of nitrogens with zero attached hydrogens (tertiary/aromatic N) is 4. The van der Waals surface area contributed by atoms with Crippen LogP contribution in [0.25, 0.3) is 16.5 Å². The summed E-state index contributed by atoms with van der Waals surface area (Å²) in [5.74, 6) is 0.0198. The van der Waals surface area contributed by atoms with Gasteiger partial charge in [0.25, 0.3) is 0 Å². The van der Waals surface area contributed by atoms with Crippen LogP contribution in [0.15, 0.2) is 29.2 Å². The van der Waals surface area contributed by atoms with Gasteiger partial charge in [0.1, 0.15) is 19.0 Å². The van der Waals surface area contributed by atoms with Gasteiger partial charge in [0.2, 0.25) is 5.88 Å². The van der Waals surface area contributed by atoms with E-state index in [9.17, 15) is 23.1 Å². The van der Waals surface area contributed by atoms with E-state index in [-0.39, 0.29) is 48.3 Å². The molecule has 1 atom stereocenters. The Hall–Kier alpha value is -3.12. The fourth-order valence-electron chi connectivity index (χ4n) is 3.08. The first kappa shape index (κ1) is 23.5. The van der Waals surface area contributed by atoms with Crippen LogP contribution in [0.5, 0.6) is 11.6 Å². The molecule has 0 aliphatic heterocycles. The first-order chi connectivity index (χ1) is 15.2. The summed E-state index contributed by atoms with van der Waals surface area (Å²) >= 11 is 0. The average Bonchev–Trinajstić information content (AvgIpc) is 3.08. The first-order valence-electron chi connectivity index (χ1n) is 9.79. The quantitative estimate of drug-likeness (QED) is 0.494. The number of benzene rings is 1. The van der Waals surface area contributed by atoms with Crippen LogP contribution in [0.1, 0.15) is 19.7 Å². The number of ether oxygens (including phenoxy) is 3. The Bertz CT molecular complexity index is 1140. The summed E-state index contributed by atoms with van der Waals surface area (Å²) in [6, 6.07) is 4.38. The lowest BCUT2D eigenvalue weighted by Crippen LogP contribution is -2.31. The van der Waals surface area contributed by atoms with E-state index in [1.165, 1.54) is 23.9 Å². The summed E-state index contributed by atoms with van der Waals surface area (Å²) in [6.07, 6.45) is -5.32. The van der Waals surface area contributed by atoms with E-state index in [1.807, 2.05) is 0 Å². The van der Waals surface area contributed by atoms with Gasteiger partial charge in [-0.25, -0.2) is 9.78 Å². The van der Waals surface area contributed by atoms with Gasteiger partial charge in [0, 0.05) is 25.9 Å². The molecular weight excluding hydrogens is 433 g/mol. The van der Waals surface area contributed by atoms with Crippen LogP contribution < -0.4 is 15.2 Å².